The molecule has 0 aromatic heterocycles. The van der Waals surface area contributed by atoms with Gasteiger partial charge in [-0.3, -0.25) is 91.5 Å². The fourth-order valence-electron chi connectivity index (χ4n) is 8.55. The average molecular weight is 1220 g/mol. The smallest absolute Gasteiger partial charge is 0.320 e. The molecule has 1 aliphatic rings. The monoisotopic (exact) mass is 1220 g/mol. The molecular weight excluding hydrogens is 1140 g/mol. The minimum Gasteiger partial charge on any atom is -0.480 e. The predicted octanol–water partition coefficient (Wildman–Crippen LogP) is -2.76. The molecule has 34 nitrogen and oxygen atoms in total. The summed E-state index contributed by atoms with van der Waals surface area (Å²) >= 11 is 0. The number of carbonyl (C=O) groups is 15. The van der Waals surface area contributed by atoms with Crippen molar-refractivity contribution >= 4 is 89.0 Å². The molecule has 0 aliphatic carbocycles. The predicted molar refractivity (Wildman–Crippen MR) is 284 cm³/mol. The van der Waals surface area contributed by atoms with Crippen LogP contribution >= 0.6 is 0 Å². The molecule has 5 amide bonds. The molecule has 85 heavy (non-hydrogen) atoms. The number of hydrogen-bond donors (Lipinski definition) is 12. The molecule has 1 heterocycles. The van der Waals surface area contributed by atoms with Gasteiger partial charge in [0, 0.05) is 63.9 Å². The van der Waals surface area contributed by atoms with E-state index in [4.69, 9.17) is 44.8 Å². The number of carbonyl (C=O) groups excluding carboxylic acids is 6. The maximum Gasteiger partial charge on any atom is 0.320 e. The summed E-state index contributed by atoms with van der Waals surface area (Å²) in [5.41, 5.74) is -1.67. The lowest BCUT2D eigenvalue weighted by Crippen LogP contribution is -2.59. The van der Waals surface area contributed by atoms with Crippen LogP contribution in [0.3, 0.4) is 0 Å². The Morgan fingerprint density at radius 2 is 0.753 bits per heavy atom. The van der Waals surface area contributed by atoms with Crippen molar-refractivity contribution in [2.45, 2.75) is 120 Å². The van der Waals surface area contributed by atoms with Gasteiger partial charge in [0.25, 0.3) is 11.8 Å². The van der Waals surface area contributed by atoms with Crippen LogP contribution < -0.4 is 16.0 Å². The van der Waals surface area contributed by atoms with Crippen molar-refractivity contribution in [3.05, 3.63) is 12.2 Å². The standard InChI is InChI=1S/C51H77N7O27/c59-33(8-2-1-3-9-34(48(77)78)55(24-42(65)66)25-43(67)68)15-21-83-30-51(54-39(62)14-20-58-40(63)12-13-41(58)64,31-84-22-16-37(60)52-18-6-4-10-35(49(79)80)56(26-44(69)70)27-45(71)72)32-85-23-17-38(61)53-19-7-5-11-36(50(81)82)57(28-46(73)74)29-47(75)76/h12-13,34-36H,1-11,14-32H2,(H,52,60)(H,53,61)(H,54,62)(H,65,66)(H,67,68)(H,69,70)(H,71,72)(H,73,74)(H,75,76)(H,77,78)(H,79,80)(H,81,82). The summed E-state index contributed by atoms with van der Waals surface area (Å²) in [4.78, 5) is 183. The number of carboxylic acids is 9. The second-order valence-corrected chi connectivity index (χ2v) is 19.6. The number of unbranched alkanes of at least 4 members (excludes halogenated alkanes) is 4. The number of rotatable bonds is 53. The Balaban J connectivity index is 3.16. The van der Waals surface area contributed by atoms with Crippen LogP contribution in [-0.2, 0) is 86.1 Å². The Morgan fingerprint density at radius 3 is 1.08 bits per heavy atom. The van der Waals surface area contributed by atoms with E-state index in [1.54, 1.807) is 0 Å². The Hall–Kier alpha value is -8.05. The maximum absolute atomic E-state index is 13.6. The number of carboxylic acid groups (broad SMARTS) is 9. The molecule has 3 unspecified atom stereocenters. The Morgan fingerprint density at radius 1 is 0.424 bits per heavy atom. The zero-order chi connectivity index (χ0) is 64.1. The van der Waals surface area contributed by atoms with Crippen LogP contribution in [0.15, 0.2) is 12.2 Å². The van der Waals surface area contributed by atoms with Crippen molar-refractivity contribution in [3.8, 4) is 0 Å². The minimum absolute atomic E-state index is 0.00181. The van der Waals surface area contributed by atoms with Crippen molar-refractivity contribution < 1.29 is 132 Å². The van der Waals surface area contributed by atoms with E-state index >= 15 is 0 Å². The molecule has 0 saturated carbocycles. The second kappa shape index (κ2) is 41.0. The number of Topliss-reactive ketones (excluding diaryl/α,β-unsaturated/α-hetero) is 1. The molecule has 478 valence electrons. The molecule has 0 aromatic carbocycles. The van der Waals surface area contributed by atoms with Gasteiger partial charge in [-0.05, 0) is 51.4 Å². The first-order valence-corrected chi connectivity index (χ1v) is 26.9. The first kappa shape index (κ1) is 75.0. The Bertz CT molecular complexity index is 2080. The van der Waals surface area contributed by atoms with Crippen LogP contribution in [0, 0.1) is 0 Å². The minimum atomic E-state index is -1.67. The summed E-state index contributed by atoms with van der Waals surface area (Å²) in [5, 5.41) is 91.8. The third-order valence-electron chi connectivity index (χ3n) is 12.6. The summed E-state index contributed by atoms with van der Waals surface area (Å²) in [6.07, 6.45) is 1.91. The molecule has 1 aliphatic heterocycles. The number of imide groups is 1. The lowest BCUT2D eigenvalue weighted by atomic mass is 10.0. The largest absolute Gasteiger partial charge is 0.480 e. The lowest BCUT2D eigenvalue weighted by Gasteiger charge is -2.34. The molecule has 12 N–H and O–H groups in total. The van der Waals surface area contributed by atoms with Gasteiger partial charge in [-0.1, -0.05) is 12.8 Å². The Kier molecular flexibility index (Phi) is 36.2. The van der Waals surface area contributed by atoms with Crippen molar-refractivity contribution in [2.24, 2.45) is 0 Å². The van der Waals surface area contributed by atoms with Crippen molar-refractivity contribution in [1.82, 2.24) is 35.6 Å². The van der Waals surface area contributed by atoms with Crippen molar-refractivity contribution in [2.75, 3.05) is 98.5 Å². The van der Waals surface area contributed by atoms with Crippen LogP contribution in [0.1, 0.15) is 96.3 Å². The van der Waals surface area contributed by atoms with E-state index < -0.39 is 172 Å². The summed E-state index contributed by atoms with van der Waals surface area (Å²) in [6.45, 7) is -7.57. The van der Waals surface area contributed by atoms with Gasteiger partial charge in [0.15, 0.2) is 0 Å². The quantitative estimate of drug-likeness (QED) is 0.0217. The third kappa shape index (κ3) is 33.7. The molecule has 0 fully saturated rings. The zero-order valence-electron chi connectivity index (χ0n) is 46.8. The van der Waals surface area contributed by atoms with Crippen LogP contribution in [0.2, 0.25) is 0 Å². The van der Waals surface area contributed by atoms with Gasteiger partial charge in [0.2, 0.25) is 17.7 Å². The third-order valence-corrected chi connectivity index (χ3v) is 12.6. The lowest BCUT2D eigenvalue weighted by molar-refractivity contribution is -0.152. The van der Waals surface area contributed by atoms with Crippen molar-refractivity contribution in [1.29, 1.82) is 0 Å². The fraction of sp³-hybridized carbons (Fsp3) is 0.667. The molecule has 0 aromatic rings. The summed E-state index contributed by atoms with van der Waals surface area (Å²) in [7, 11) is 0. The zero-order valence-corrected chi connectivity index (χ0v) is 46.8. The Labute approximate surface area is 486 Å². The molecule has 0 spiro atoms. The fourth-order valence-corrected chi connectivity index (χ4v) is 8.55. The van der Waals surface area contributed by atoms with E-state index in [0.29, 0.717) is 6.42 Å². The number of hydrogen-bond acceptors (Lipinski definition) is 21. The van der Waals surface area contributed by atoms with Crippen LogP contribution in [0.5, 0.6) is 0 Å². The summed E-state index contributed by atoms with van der Waals surface area (Å²) in [6, 6.07) is -4.31. The van der Waals surface area contributed by atoms with E-state index in [0.717, 1.165) is 31.8 Å². The van der Waals surface area contributed by atoms with Crippen LogP contribution in [-0.4, -0.2) is 277 Å². The topological polar surface area (TPSA) is 515 Å². The van der Waals surface area contributed by atoms with E-state index in [2.05, 4.69) is 16.0 Å². The SMILES string of the molecule is O=C(O)CN(CC(=O)O)C(CCCCCC(=O)CCOCC(COCCC(=O)NCCCCC(C(=O)O)N(CC(=O)O)CC(=O)O)(COCCC(=O)NCCCCC(C(=O)O)N(CC(=O)O)CC(=O)O)NC(=O)CCN1C(=O)C=CC1=O)C(=O)O. The normalized spacial score (nSPS) is 13.9. The van der Waals surface area contributed by atoms with Crippen LogP contribution in [0.4, 0.5) is 0 Å². The molecule has 34 heteroatoms. The van der Waals surface area contributed by atoms with E-state index in [1.807, 2.05) is 0 Å². The number of amides is 5. The van der Waals surface area contributed by atoms with Gasteiger partial charge >= 0.3 is 53.7 Å². The van der Waals surface area contributed by atoms with Gasteiger partial charge < -0.3 is 76.1 Å². The highest BCUT2D eigenvalue weighted by atomic mass is 16.5. The van der Waals surface area contributed by atoms with Crippen molar-refractivity contribution in [3.63, 3.8) is 0 Å². The average Bonchev–Trinajstić information content (AvgIpc) is 3.74. The van der Waals surface area contributed by atoms with Gasteiger partial charge in [-0.2, -0.15) is 0 Å². The first-order chi connectivity index (χ1) is 40.1. The van der Waals surface area contributed by atoms with Gasteiger partial charge in [-0.15, -0.1) is 0 Å². The molecule has 0 radical (unpaired) electrons. The van der Waals surface area contributed by atoms with E-state index in [9.17, 15) is 87.2 Å². The number of ether oxygens (including phenoxy) is 3. The molecular formula is C51H77N7O27. The first-order valence-electron chi connectivity index (χ1n) is 26.9. The maximum atomic E-state index is 13.6. The molecule has 0 saturated heterocycles. The highest BCUT2D eigenvalue weighted by molar-refractivity contribution is 6.13. The number of nitrogens with zero attached hydrogens (tertiary/aromatic N) is 4. The highest BCUT2D eigenvalue weighted by Crippen LogP contribution is 2.16. The van der Waals surface area contributed by atoms with Gasteiger partial charge in [-0.25, -0.2) is 0 Å². The van der Waals surface area contributed by atoms with Gasteiger partial charge in [0.1, 0.15) is 29.4 Å². The molecule has 1 rings (SSSR count). The second-order valence-electron chi connectivity index (χ2n) is 19.6. The highest BCUT2D eigenvalue weighted by Gasteiger charge is 2.36. The summed E-state index contributed by atoms with van der Waals surface area (Å²) < 4.78 is 17.6. The molecule has 0 bridgehead atoms. The summed E-state index contributed by atoms with van der Waals surface area (Å²) in [5.74, 6) is -16.4. The van der Waals surface area contributed by atoms with Crippen LogP contribution in [0.25, 0.3) is 0 Å². The van der Waals surface area contributed by atoms with E-state index in [1.165, 1.54) is 0 Å². The van der Waals surface area contributed by atoms with Gasteiger partial charge in [0.05, 0.1) is 78.9 Å². The number of aliphatic carboxylic acids is 9. The number of ketones is 1. The van der Waals surface area contributed by atoms with E-state index in [-0.39, 0.29) is 129 Å². The molecule has 3 atom stereocenters. The number of nitrogens with one attached hydrogen (secondary N) is 3.